The fraction of sp³-hybridized carbons (Fsp3) is 0.316. The lowest BCUT2D eigenvalue weighted by Crippen LogP contribution is -2.20. The van der Waals surface area contributed by atoms with Gasteiger partial charge in [-0.2, -0.15) is 0 Å². The molecule has 2 aromatic carbocycles. The van der Waals surface area contributed by atoms with Gasteiger partial charge in [0.2, 0.25) is 0 Å². The third-order valence-electron chi connectivity index (χ3n) is 4.78. The summed E-state index contributed by atoms with van der Waals surface area (Å²) in [5, 5.41) is 0. The molecule has 1 saturated heterocycles. The second kappa shape index (κ2) is 5.78. The molecule has 0 radical (unpaired) electrons. The Morgan fingerprint density at radius 3 is 3.00 bits per heavy atom. The number of rotatable bonds is 3. The molecule has 4 heteroatoms. The highest BCUT2D eigenvalue weighted by atomic mass is 19.1. The predicted molar refractivity (Wildman–Crippen MR) is 89.9 cm³/mol. The topological polar surface area (TPSA) is 31.9 Å². The van der Waals surface area contributed by atoms with Crippen molar-refractivity contribution in [3.63, 3.8) is 0 Å². The van der Waals surface area contributed by atoms with Crippen LogP contribution in [0, 0.1) is 12.7 Å². The molecular formula is C19H20FN3. The van der Waals surface area contributed by atoms with Gasteiger partial charge >= 0.3 is 0 Å². The van der Waals surface area contributed by atoms with Crippen molar-refractivity contribution in [2.45, 2.75) is 25.8 Å². The second-order valence-corrected chi connectivity index (χ2v) is 6.43. The van der Waals surface area contributed by atoms with Crippen LogP contribution in [-0.2, 0) is 6.54 Å². The first kappa shape index (κ1) is 14.4. The summed E-state index contributed by atoms with van der Waals surface area (Å²) >= 11 is 0. The Morgan fingerprint density at radius 1 is 1.26 bits per heavy atom. The number of aromatic nitrogens is 2. The first-order chi connectivity index (χ1) is 11.2. The van der Waals surface area contributed by atoms with Crippen molar-refractivity contribution in [1.29, 1.82) is 0 Å². The maximum atomic E-state index is 13.3. The summed E-state index contributed by atoms with van der Waals surface area (Å²) in [5.41, 5.74) is 4.37. The molecule has 0 unspecified atom stereocenters. The molecule has 3 nitrogen and oxygen atoms in total. The van der Waals surface area contributed by atoms with Gasteiger partial charge in [-0.15, -0.1) is 0 Å². The van der Waals surface area contributed by atoms with E-state index in [1.165, 1.54) is 23.3 Å². The first-order valence-corrected chi connectivity index (χ1v) is 8.11. The van der Waals surface area contributed by atoms with Crippen molar-refractivity contribution in [1.82, 2.24) is 14.9 Å². The van der Waals surface area contributed by atoms with Crippen LogP contribution in [0.1, 0.15) is 29.3 Å². The smallest absolute Gasteiger partial charge is 0.125 e. The van der Waals surface area contributed by atoms with Crippen LogP contribution in [0.5, 0.6) is 0 Å². The summed E-state index contributed by atoms with van der Waals surface area (Å²) in [6.45, 7) is 5.22. The summed E-state index contributed by atoms with van der Waals surface area (Å²) < 4.78 is 13.3. The number of hydrogen-bond acceptors (Lipinski definition) is 2. The van der Waals surface area contributed by atoms with Gasteiger partial charge in [-0.25, -0.2) is 9.37 Å². The minimum Gasteiger partial charge on any atom is -0.342 e. The SMILES string of the molecule is Cc1ccccc1CN1CC[C@H](c2nc3ccc(F)cc3[nH]2)C1. The van der Waals surface area contributed by atoms with Crippen molar-refractivity contribution in [2.75, 3.05) is 13.1 Å². The van der Waals surface area contributed by atoms with Crippen molar-refractivity contribution in [3.05, 3.63) is 65.2 Å². The minimum atomic E-state index is -0.222. The Morgan fingerprint density at radius 2 is 2.13 bits per heavy atom. The Balaban J connectivity index is 1.50. The van der Waals surface area contributed by atoms with E-state index in [-0.39, 0.29) is 5.82 Å². The molecule has 0 spiro atoms. The maximum Gasteiger partial charge on any atom is 0.125 e. The molecule has 0 bridgehead atoms. The van der Waals surface area contributed by atoms with E-state index in [1.807, 2.05) is 0 Å². The number of H-pyrrole nitrogens is 1. The molecule has 3 aromatic rings. The molecule has 1 aliphatic rings. The number of nitrogens with zero attached hydrogens (tertiary/aromatic N) is 2. The lowest BCUT2D eigenvalue weighted by molar-refractivity contribution is 0.325. The van der Waals surface area contributed by atoms with E-state index >= 15 is 0 Å². The number of hydrogen-bond donors (Lipinski definition) is 1. The number of imidazole rings is 1. The third-order valence-corrected chi connectivity index (χ3v) is 4.78. The van der Waals surface area contributed by atoms with Crippen molar-refractivity contribution in [2.24, 2.45) is 0 Å². The van der Waals surface area contributed by atoms with Gasteiger partial charge < -0.3 is 4.98 Å². The van der Waals surface area contributed by atoms with Gasteiger partial charge in [-0.1, -0.05) is 24.3 Å². The molecule has 1 aliphatic heterocycles. The van der Waals surface area contributed by atoms with Gasteiger partial charge in [0.05, 0.1) is 11.0 Å². The van der Waals surface area contributed by atoms with Gasteiger partial charge in [0.1, 0.15) is 11.6 Å². The monoisotopic (exact) mass is 309 g/mol. The lowest BCUT2D eigenvalue weighted by Gasteiger charge is -2.17. The third kappa shape index (κ3) is 2.86. The van der Waals surface area contributed by atoms with Crippen molar-refractivity contribution >= 4 is 11.0 Å². The molecule has 4 rings (SSSR count). The van der Waals surface area contributed by atoms with Crippen LogP contribution in [0.3, 0.4) is 0 Å². The van der Waals surface area contributed by atoms with Crippen LogP contribution in [0.4, 0.5) is 4.39 Å². The van der Waals surface area contributed by atoms with E-state index in [9.17, 15) is 4.39 Å². The van der Waals surface area contributed by atoms with Gasteiger partial charge in [0, 0.05) is 19.0 Å². The van der Waals surface area contributed by atoms with Gasteiger partial charge in [0.25, 0.3) is 0 Å². The fourth-order valence-corrected chi connectivity index (χ4v) is 3.42. The summed E-state index contributed by atoms with van der Waals surface area (Å²) in [7, 11) is 0. The summed E-state index contributed by atoms with van der Waals surface area (Å²) in [4.78, 5) is 10.4. The van der Waals surface area contributed by atoms with E-state index in [0.717, 1.165) is 42.9 Å². The zero-order valence-electron chi connectivity index (χ0n) is 13.2. The van der Waals surface area contributed by atoms with Gasteiger partial charge in [-0.05, 0) is 49.2 Å². The average Bonchev–Trinajstić information content (AvgIpc) is 3.15. The molecule has 0 saturated carbocycles. The number of fused-ring (bicyclic) bond motifs is 1. The standard InChI is InChI=1S/C19H20FN3/c1-13-4-2-3-5-14(13)11-23-9-8-15(12-23)19-21-17-7-6-16(20)10-18(17)22-19/h2-7,10,15H,8-9,11-12H2,1H3,(H,21,22)/t15-/m0/s1. The van der Waals surface area contributed by atoms with Crippen molar-refractivity contribution < 1.29 is 4.39 Å². The predicted octanol–water partition coefficient (Wildman–Crippen LogP) is 4.00. The van der Waals surface area contributed by atoms with Crippen LogP contribution in [0.15, 0.2) is 42.5 Å². The zero-order valence-corrected chi connectivity index (χ0v) is 13.2. The van der Waals surface area contributed by atoms with E-state index in [1.54, 1.807) is 6.07 Å². The Bertz CT molecular complexity index is 840. The van der Waals surface area contributed by atoms with Crippen LogP contribution in [0.25, 0.3) is 11.0 Å². The normalized spacial score (nSPS) is 18.8. The van der Waals surface area contributed by atoms with Crippen LogP contribution >= 0.6 is 0 Å². The fourth-order valence-electron chi connectivity index (χ4n) is 3.42. The summed E-state index contributed by atoms with van der Waals surface area (Å²) in [6, 6.07) is 13.3. The van der Waals surface area contributed by atoms with E-state index in [4.69, 9.17) is 0 Å². The molecule has 0 amide bonds. The van der Waals surface area contributed by atoms with Crippen LogP contribution in [0.2, 0.25) is 0 Å². The molecule has 23 heavy (non-hydrogen) atoms. The van der Waals surface area contributed by atoms with Gasteiger partial charge in [0.15, 0.2) is 0 Å². The number of nitrogens with one attached hydrogen (secondary N) is 1. The Labute approximate surface area is 135 Å². The Kier molecular flexibility index (Phi) is 3.62. The summed E-state index contributed by atoms with van der Waals surface area (Å²) in [5.74, 6) is 1.16. The molecule has 0 aliphatic carbocycles. The van der Waals surface area contributed by atoms with E-state index < -0.39 is 0 Å². The van der Waals surface area contributed by atoms with Crippen molar-refractivity contribution in [3.8, 4) is 0 Å². The number of halogens is 1. The molecule has 1 atom stereocenters. The maximum absolute atomic E-state index is 13.3. The molecule has 118 valence electrons. The van der Waals surface area contributed by atoms with E-state index in [2.05, 4.69) is 46.1 Å². The number of likely N-dealkylation sites (tertiary alicyclic amines) is 1. The van der Waals surface area contributed by atoms with Crippen LogP contribution < -0.4 is 0 Å². The second-order valence-electron chi connectivity index (χ2n) is 6.43. The molecule has 2 heterocycles. The van der Waals surface area contributed by atoms with Gasteiger partial charge in [-0.3, -0.25) is 4.90 Å². The highest BCUT2D eigenvalue weighted by Crippen LogP contribution is 2.28. The number of aryl methyl sites for hydroxylation is 1. The highest BCUT2D eigenvalue weighted by molar-refractivity contribution is 5.75. The zero-order chi connectivity index (χ0) is 15.8. The molecular weight excluding hydrogens is 289 g/mol. The highest BCUT2D eigenvalue weighted by Gasteiger charge is 2.26. The largest absolute Gasteiger partial charge is 0.342 e. The average molecular weight is 309 g/mol. The summed E-state index contributed by atoms with van der Waals surface area (Å²) in [6.07, 6.45) is 1.09. The molecule has 1 fully saturated rings. The first-order valence-electron chi connectivity index (χ1n) is 8.11. The minimum absolute atomic E-state index is 0.222. The lowest BCUT2D eigenvalue weighted by atomic mass is 10.1. The quantitative estimate of drug-likeness (QED) is 0.793. The van der Waals surface area contributed by atoms with E-state index in [0.29, 0.717) is 5.92 Å². The number of benzene rings is 2. The Hall–Kier alpha value is -2.20. The van der Waals surface area contributed by atoms with Crippen LogP contribution in [-0.4, -0.2) is 28.0 Å². The number of aromatic amines is 1. The molecule has 1 N–H and O–H groups in total. The molecule has 1 aromatic heterocycles.